The summed E-state index contributed by atoms with van der Waals surface area (Å²) in [5.74, 6) is 0.294. The third kappa shape index (κ3) is 3.11. The molecule has 2 aromatic rings. The zero-order chi connectivity index (χ0) is 18.3. The molecule has 2 amide bonds. The second-order valence-corrected chi connectivity index (χ2v) is 7.41. The molecule has 2 aliphatic heterocycles. The Kier molecular flexibility index (Phi) is 4.26. The molecule has 0 N–H and O–H groups in total. The number of carbonyl (C=O) groups excluding carboxylic acids is 2. The van der Waals surface area contributed by atoms with Crippen LogP contribution in [-0.4, -0.2) is 57.6 Å². The molecule has 26 heavy (non-hydrogen) atoms. The molecule has 0 unspecified atom stereocenters. The van der Waals surface area contributed by atoms with Crippen molar-refractivity contribution in [1.82, 2.24) is 19.6 Å². The Balaban J connectivity index is 1.32. The molecule has 136 valence electrons. The molecule has 4 rings (SSSR count). The van der Waals surface area contributed by atoms with E-state index in [0.29, 0.717) is 26.1 Å². The number of benzene rings is 1. The Morgan fingerprint density at radius 2 is 1.88 bits per heavy atom. The van der Waals surface area contributed by atoms with Crippen LogP contribution in [0, 0.1) is 13.8 Å². The van der Waals surface area contributed by atoms with Crippen LogP contribution in [0.3, 0.4) is 0 Å². The van der Waals surface area contributed by atoms with Crippen molar-refractivity contribution in [3.05, 3.63) is 53.3 Å². The number of hydrogen-bond acceptors (Lipinski definition) is 3. The first-order valence-electron chi connectivity index (χ1n) is 9.14. The predicted molar refractivity (Wildman–Crippen MR) is 97.7 cm³/mol. The maximum absolute atomic E-state index is 12.5. The molecule has 0 spiro atoms. The van der Waals surface area contributed by atoms with Crippen LogP contribution in [0.4, 0.5) is 0 Å². The van der Waals surface area contributed by atoms with Gasteiger partial charge in [-0.2, -0.15) is 5.10 Å². The third-order valence-corrected chi connectivity index (χ3v) is 5.42. The fraction of sp³-hybridized carbons (Fsp3) is 0.450. The molecule has 3 heterocycles. The van der Waals surface area contributed by atoms with Gasteiger partial charge in [0.25, 0.3) is 0 Å². The van der Waals surface area contributed by atoms with Crippen molar-refractivity contribution in [2.75, 3.05) is 26.2 Å². The van der Waals surface area contributed by atoms with Gasteiger partial charge >= 0.3 is 0 Å². The summed E-state index contributed by atoms with van der Waals surface area (Å²) in [6.07, 6.45) is 0.492. The lowest BCUT2D eigenvalue weighted by Gasteiger charge is -2.40. The number of rotatable bonds is 4. The number of aromatic nitrogens is 2. The van der Waals surface area contributed by atoms with Gasteiger partial charge in [0.05, 0.1) is 18.3 Å². The van der Waals surface area contributed by atoms with Gasteiger partial charge in [-0.3, -0.25) is 14.3 Å². The summed E-state index contributed by atoms with van der Waals surface area (Å²) < 4.78 is 2.01. The van der Waals surface area contributed by atoms with Crippen LogP contribution in [0.15, 0.2) is 36.4 Å². The zero-order valence-electron chi connectivity index (χ0n) is 15.3. The summed E-state index contributed by atoms with van der Waals surface area (Å²) in [5, 5.41) is 4.50. The fourth-order valence-corrected chi connectivity index (χ4v) is 3.97. The highest BCUT2D eigenvalue weighted by Gasteiger charge is 2.37. The molecule has 2 saturated heterocycles. The standard InChI is InChI=1S/C20H24N4O2/c1-14-8-15(2)24(21-14)18-11-23(12-18)20(26)13-22-10-17(9-19(22)25)16-6-4-3-5-7-16/h3-8,17-18H,9-13H2,1-2H3/t17-/m0/s1. The van der Waals surface area contributed by atoms with Crippen LogP contribution in [0.25, 0.3) is 0 Å². The summed E-state index contributed by atoms with van der Waals surface area (Å²) in [6, 6.07) is 12.4. The van der Waals surface area contributed by atoms with Crippen LogP contribution in [0.5, 0.6) is 0 Å². The average molecular weight is 352 g/mol. The number of carbonyl (C=O) groups is 2. The molecule has 2 aliphatic rings. The second-order valence-electron chi connectivity index (χ2n) is 7.41. The minimum Gasteiger partial charge on any atom is -0.337 e. The average Bonchev–Trinajstić information content (AvgIpc) is 3.09. The largest absolute Gasteiger partial charge is 0.337 e. The van der Waals surface area contributed by atoms with E-state index in [-0.39, 0.29) is 30.3 Å². The molecule has 0 bridgehead atoms. The molecule has 6 nitrogen and oxygen atoms in total. The summed E-state index contributed by atoms with van der Waals surface area (Å²) in [4.78, 5) is 28.4. The van der Waals surface area contributed by atoms with Crippen LogP contribution in [-0.2, 0) is 9.59 Å². The third-order valence-electron chi connectivity index (χ3n) is 5.42. The van der Waals surface area contributed by atoms with E-state index < -0.39 is 0 Å². The van der Waals surface area contributed by atoms with Gasteiger partial charge in [0.1, 0.15) is 0 Å². The van der Waals surface area contributed by atoms with Crippen molar-refractivity contribution in [2.45, 2.75) is 32.2 Å². The molecule has 6 heteroatoms. The van der Waals surface area contributed by atoms with E-state index in [4.69, 9.17) is 0 Å². The minimum absolute atomic E-state index is 0.0323. The van der Waals surface area contributed by atoms with Gasteiger partial charge in [0, 0.05) is 37.7 Å². The Morgan fingerprint density at radius 3 is 2.54 bits per heavy atom. The molecule has 0 aliphatic carbocycles. The zero-order valence-corrected chi connectivity index (χ0v) is 15.3. The Hall–Kier alpha value is -2.63. The van der Waals surface area contributed by atoms with Gasteiger partial charge in [-0.25, -0.2) is 0 Å². The van der Waals surface area contributed by atoms with Crippen molar-refractivity contribution in [2.24, 2.45) is 0 Å². The van der Waals surface area contributed by atoms with Crippen LogP contribution >= 0.6 is 0 Å². The van der Waals surface area contributed by atoms with Gasteiger partial charge in [0.2, 0.25) is 11.8 Å². The van der Waals surface area contributed by atoms with E-state index in [1.165, 1.54) is 5.56 Å². The van der Waals surface area contributed by atoms with Crippen molar-refractivity contribution < 1.29 is 9.59 Å². The Bertz CT molecular complexity index is 824. The maximum Gasteiger partial charge on any atom is 0.242 e. The van der Waals surface area contributed by atoms with Crippen molar-refractivity contribution in [3.63, 3.8) is 0 Å². The first-order valence-corrected chi connectivity index (χ1v) is 9.14. The van der Waals surface area contributed by atoms with E-state index in [0.717, 1.165) is 11.4 Å². The summed E-state index contributed by atoms with van der Waals surface area (Å²) in [5.41, 5.74) is 3.30. The first-order chi connectivity index (χ1) is 12.5. The summed E-state index contributed by atoms with van der Waals surface area (Å²) >= 11 is 0. The number of likely N-dealkylation sites (tertiary alicyclic amines) is 2. The second kappa shape index (κ2) is 6.59. The van der Waals surface area contributed by atoms with E-state index >= 15 is 0 Å². The van der Waals surface area contributed by atoms with E-state index in [9.17, 15) is 9.59 Å². The van der Waals surface area contributed by atoms with Gasteiger partial charge in [-0.1, -0.05) is 30.3 Å². The molecular formula is C20H24N4O2. The molecule has 0 radical (unpaired) electrons. The number of amides is 2. The quantitative estimate of drug-likeness (QED) is 0.844. The van der Waals surface area contributed by atoms with E-state index in [1.807, 2.05) is 41.6 Å². The van der Waals surface area contributed by atoms with Gasteiger partial charge < -0.3 is 9.80 Å². The van der Waals surface area contributed by atoms with Crippen molar-refractivity contribution in [3.8, 4) is 0 Å². The number of nitrogens with zero attached hydrogens (tertiary/aromatic N) is 4. The lowest BCUT2D eigenvalue weighted by Crippen LogP contribution is -2.54. The summed E-state index contributed by atoms with van der Waals surface area (Å²) in [7, 11) is 0. The lowest BCUT2D eigenvalue weighted by molar-refractivity contribution is -0.142. The Labute approximate surface area is 153 Å². The van der Waals surface area contributed by atoms with Crippen molar-refractivity contribution in [1.29, 1.82) is 0 Å². The Morgan fingerprint density at radius 1 is 1.15 bits per heavy atom. The highest BCUT2D eigenvalue weighted by molar-refractivity contribution is 5.87. The molecule has 1 atom stereocenters. The highest BCUT2D eigenvalue weighted by atomic mass is 16.2. The van der Waals surface area contributed by atoms with E-state index in [2.05, 4.69) is 23.3 Å². The monoisotopic (exact) mass is 352 g/mol. The molecule has 1 aromatic heterocycles. The lowest BCUT2D eigenvalue weighted by atomic mass is 9.99. The molecule has 1 aromatic carbocycles. The highest BCUT2D eigenvalue weighted by Crippen LogP contribution is 2.29. The van der Waals surface area contributed by atoms with Gasteiger partial charge in [-0.15, -0.1) is 0 Å². The fourth-order valence-electron chi connectivity index (χ4n) is 3.97. The van der Waals surface area contributed by atoms with E-state index in [1.54, 1.807) is 4.90 Å². The van der Waals surface area contributed by atoms with Gasteiger partial charge in [0.15, 0.2) is 0 Å². The topological polar surface area (TPSA) is 58.4 Å². The number of hydrogen-bond donors (Lipinski definition) is 0. The van der Waals surface area contributed by atoms with Crippen LogP contribution < -0.4 is 0 Å². The minimum atomic E-state index is 0.0323. The molecule has 2 fully saturated rings. The van der Waals surface area contributed by atoms with Gasteiger partial charge in [-0.05, 0) is 25.5 Å². The maximum atomic E-state index is 12.5. The normalized spacial score (nSPS) is 20.5. The van der Waals surface area contributed by atoms with Crippen LogP contribution in [0.2, 0.25) is 0 Å². The molecule has 0 saturated carbocycles. The van der Waals surface area contributed by atoms with Crippen molar-refractivity contribution >= 4 is 11.8 Å². The smallest absolute Gasteiger partial charge is 0.242 e. The number of aryl methyl sites for hydroxylation is 2. The summed E-state index contributed by atoms with van der Waals surface area (Å²) in [6.45, 7) is 6.18. The first kappa shape index (κ1) is 16.8. The SMILES string of the molecule is Cc1cc(C)n(C2CN(C(=O)CN3C[C@@H](c4ccccc4)CC3=O)C2)n1. The molecular weight excluding hydrogens is 328 g/mol. The predicted octanol–water partition coefficient (Wildman–Crippen LogP) is 1.90. The van der Waals surface area contributed by atoms with Crippen LogP contribution in [0.1, 0.15) is 35.3 Å².